The second kappa shape index (κ2) is 10.0. The Bertz CT molecular complexity index is 1160. The summed E-state index contributed by atoms with van der Waals surface area (Å²) in [6.07, 6.45) is 3.21. The van der Waals surface area contributed by atoms with Crippen molar-refractivity contribution in [3.05, 3.63) is 12.2 Å². The topological polar surface area (TPSA) is 118 Å². The van der Waals surface area contributed by atoms with Crippen LogP contribution in [0.2, 0.25) is 0 Å². The SMILES string of the molecule is C=C1CC[C@@]2(OC1)O[C@H]1C[C@H]3[C@@H]4CC[C@]5(O)C[C@@H](OC(C)=O)[C@@H](OC(C)=O)[C@@H](OC(C)=O)[C@]5(C)[C@H]4CC[C@]3(C)[C@H]1[C@@H]2C. The van der Waals surface area contributed by atoms with Gasteiger partial charge in [0, 0.05) is 44.9 Å². The maximum absolute atomic E-state index is 12.5. The minimum atomic E-state index is -1.26. The Morgan fingerprint density at radius 2 is 1.64 bits per heavy atom. The van der Waals surface area contributed by atoms with Crippen LogP contribution in [0.15, 0.2) is 12.2 Å². The number of fused-ring (bicyclic) bond motifs is 7. The molecule has 9 heteroatoms. The molecule has 0 aromatic rings. The smallest absolute Gasteiger partial charge is 0.303 e. The maximum Gasteiger partial charge on any atom is 0.303 e. The molecule has 0 radical (unpaired) electrons. The second-order valence-electron chi connectivity index (χ2n) is 14.8. The van der Waals surface area contributed by atoms with E-state index in [1.54, 1.807) is 0 Å². The molecule has 0 amide bonds. The van der Waals surface area contributed by atoms with Crippen LogP contribution in [0.3, 0.4) is 0 Å². The molecule has 0 aromatic carbocycles. The van der Waals surface area contributed by atoms with Gasteiger partial charge < -0.3 is 28.8 Å². The zero-order chi connectivity index (χ0) is 30.4. The zero-order valence-electron chi connectivity index (χ0n) is 26.0. The summed E-state index contributed by atoms with van der Waals surface area (Å²) in [6, 6.07) is 0. The summed E-state index contributed by atoms with van der Waals surface area (Å²) in [6.45, 7) is 15.3. The van der Waals surface area contributed by atoms with E-state index in [4.69, 9.17) is 23.7 Å². The largest absolute Gasteiger partial charge is 0.458 e. The Morgan fingerprint density at radius 3 is 2.26 bits per heavy atom. The van der Waals surface area contributed by atoms with Crippen LogP contribution in [0, 0.1) is 40.4 Å². The summed E-state index contributed by atoms with van der Waals surface area (Å²) in [5.41, 5.74) is -0.990. The molecule has 2 saturated heterocycles. The lowest BCUT2D eigenvalue weighted by Crippen LogP contribution is -2.73. The van der Waals surface area contributed by atoms with Crippen LogP contribution in [-0.2, 0) is 38.1 Å². The van der Waals surface area contributed by atoms with Gasteiger partial charge in [-0.3, -0.25) is 14.4 Å². The average molecular weight is 589 g/mol. The van der Waals surface area contributed by atoms with Gasteiger partial charge in [0.25, 0.3) is 0 Å². The monoisotopic (exact) mass is 588 g/mol. The number of hydrogen-bond donors (Lipinski definition) is 1. The van der Waals surface area contributed by atoms with Crippen molar-refractivity contribution in [1.29, 1.82) is 0 Å². The van der Waals surface area contributed by atoms with E-state index in [1.807, 2.05) is 6.92 Å². The van der Waals surface area contributed by atoms with Crippen LogP contribution in [0.5, 0.6) is 0 Å². The van der Waals surface area contributed by atoms with Crippen molar-refractivity contribution in [1.82, 2.24) is 0 Å². The van der Waals surface area contributed by atoms with Crippen LogP contribution in [0.4, 0.5) is 0 Å². The number of esters is 3. The summed E-state index contributed by atoms with van der Waals surface area (Å²) in [4.78, 5) is 36.9. The Balaban J connectivity index is 1.34. The molecule has 13 atom stereocenters. The molecule has 2 heterocycles. The van der Waals surface area contributed by atoms with Gasteiger partial charge in [-0.25, -0.2) is 0 Å². The Labute approximate surface area is 249 Å². The van der Waals surface area contributed by atoms with Crippen molar-refractivity contribution in [2.75, 3.05) is 6.61 Å². The van der Waals surface area contributed by atoms with E-state index in [1.165, 1.54) is 20.8 Å². The van der Waals surface area contributed by atoms with Gasteiger partial charge in [0.1, 0.15) is 6.10 Å². The Kier molecular flexibility index (Phi) is 7.18. The first kappa shape index (κ1) is 30.1. The molecule has 2 aliphatic heterocycles. The first-order chi connectivity index (χ1) is 19.6. The van der Waals surface area contributed by atoms with E-state index >= 15 is 0 Å². The molecule has 0 bridgehead atoms. The lowest BCUT2D eigenvalue weighted by molar-refractivity contribution is -0.295. The van der Waals surface area contributed by atoms with Crippen molar-refractivity contribution in [2.45, 2.75) is 129 Å². The zero-order valence-corrected chi connectivity index (χ0v) is 26.0. The number of hydrogen-bond acceptors (Lipinski definition) is 9. The van der Waals surface area contributed by atoms with Crippen LogP contribution >= 0.6 is 0 Å². The van der Waals surface area contributed by atoms with Gasteiger partial charge in [0.2, 0.25) is 0 Å². The predicted octanol–water partition coefficient (Wildman–Crippen LogP) is 4.48. The van der Waals surface area contributed by atoms with Gasteiger partial charge in [0.15, 0.2) is 18.0 Å². The molecule has 6 rings (SSSR count). The predicted molar refractivity (Wildman–Crippen MR) is 151 cm³/mol. The fourth-order valence-electron chi connectivity index (χ4n) is 11.1. The van der Waals surface area contributed by atoms with Crippen molar-refractivity contribution in [3.8, 4) is 0 Å². The minimum Gasteiger partial charge on any atom is -0.458 e. The van der Waals surface area contributed by atoms with E-state index in [2.05, 4.69) is 20.4 Å². The normalized spacial score (nSPS) is 51.1. The molecule has 9 nitrogen and oxygen atoms in total. The molecule has 0 unspecified atom stereocenters. The quantitative estimate of drug-likeness (QED) is 0.289. The lowest BCUT2D eigenvalue weighted by Gasteiger charge is -2.66. The van der Waals surface area contributed by atoms with Crippen LogP contribution < -0.4 is 0 Å². The number of ether oxygens (including phenoxy) is 5. The van der Waals surface area contributed by atoms with E-state index < -0.39 is 53.0 Å². The lowest BCUT2D eigenvalue weighted by atomic mass is 9.42. The van der Waals surface area contributed by atoms with Crippen molar-refractivity contribution >= 4 is 17.9 Å². The maximum atomic E-state index is 12.5. The number of rotatable bonds is 3. The van der Waals surface area contributed by atoms with Gasteiger partial charge in [-0.1, -0.05) is 32.9 Å². The fourth-order valence-corrected chi connectivity index (χ4v) is 11.1. The first-order valence-electron chi connectivity index (χ1n) is 15.9. The molecule has 1 spiro atoms. The number of aliphatic hydroxyl groups is 1. The molecule has 4 aliphatic carbocycles. The first-order valence-corrected chi connectivity index (χ1v) is 15.9. The van der Waals surface area contributed by atoms with E-state index in [0.29, 0.717) is 24.9 Å². The standard InChI is InChI=1S/C33H48O9/c1-17-8-13-33(38-16-17)18(2)27-25(42-33)14-24-22-9-12-32(37)15-26(39-19(3)34)28(40-20(4)35)29(41-21(5)36)31(32,7)23(22)10-11-30(24,27)6/h18,22-29,37H,1,8-16H2,2-7H3/t18-,22+,23-,24-,25-,26+,27-,28+,29+,30-,31-,32-,33+/m0/s1. The average Bonchev–Trinajstić information content (AvgIpc) is 3.34. The third kappa shape index (κ3) is 4.23. The summed E-state index contributed by atoms with van der Waals surface area (Å²) < 4.78 is 30.6. The van der Waals surface area contributed by atoms with Gasteiger partial charge in [-0.15, -0.1) is 0 Å². The molecule has 0 aromatic heterocycles. The Morgan fingerprint density at radius 1 is 0.952 bits per heavy atom. The van der Waals surface area contributed by atoms with Crippen LogP contribution in [0.25, 0.3) is 0 Å². The molecule has 6 aliphatic rings. The van der Waals surface area contributed by atoms with Crippen molar-refractivity contribution in [3.63, 3.8) is 0 Å². The van der Waals surface area contributed by atoms with Crippen LogP contribution in [0.1, 0.15) is 92.9 Å². The summed E-state index contributed by atoms with van der Waals surface area (Å²) in [7, 11) is 0. The molecular weight excluding hydrogens is 540 g/mol. The Hall–Kier alpha value is -1.97. The van der Waals surface area contributed by atoms with Crippen molar-refractivity contribution < 1.29 is 43.2 Å². The molecule has 42 heavy (non-hydrogen) atoms. The summed E-state index contributed by atoms with van der Waals surface area (Å²) in [5.74, 6) is -0.833. The highest BCUT2D eigenvalue weighted by Gasteiger charge is 2.74. The van der Waals surface area contributed by atoms with Gasteiger partial charge >= 0.3 is 17.9 Å². The number of carbonyl (C=O) groups excluding carboxylic acids is 3. The van der Waals surface area contributed by atoms with Crippen molar-refractivity contribution in [2.24, 2.45) is 40.4 Å². The van der Waals surface area contributed by atoms with Crippen LogP contribution in [-0.4, -0.2) is 65.4 Å². The molecule has 234 valence electrons. The highest BCUT2D eigenvalue weighted by atomic mass is 16.7. The second-order valence-corrected chi connectivity index (χ2v) is 14.8. The highest BCUT2D eigenvalue weighted by Crippen LogP contribution is 2.72. The van der Waals surface area contributed by atoms with E-state index in [9.17, 15) is 19.5 Å². The minimum absolute atomic E-state index is 0.0207. The van der Waals surface area contributed by atoms with E-state index in [0.717, 1.165) is 44.1 Å². The highest BCUT2D eigenvalue weighted by molar-refractivity contribution is 5.68. The summed E-state index contributed by atoms with van der Waals surface area (Å²) in [5, 5.41) is 12.4. The van der Waals surface area contributed by atoms with E-state index in [-0.39, 0.29) is 35.7 Å². The molecule has 1 N–H and O–H groups in total. The third-order valence-corrected chi connectivity index (χ3v) is 12.8. The van der Waals surface area contributed by atoms with Gasteiger partial charge in [0.05, 0.1) is 18.3 Å². The number of carbonyl (C=O) groups is 3. The van der Waals surface area contributed by atoms with Gasteiger partial charge in [-0.2, -0.15) is 0 Å². The molecule has 4 saturated carbocycles. The fraction of sp³-hybridized carbons (Fsp3) is 0.848. The summed E-state index contributed by atoms with van der Waals surface area (Å²) >= 11 is 0. The molecule has 6 fully saturated rings. The van der Waals surface area contributed by atoms with Gasteiger partial charge in [-0.05, 0) is 67.6 Å². The molecular formula is C33H48O9. The third-order valence-electron chi connectivity index (χ3n) is 12.8.